The third-order valence-electron chi connectivity index (χ3n) is 4.52. The zero-order valence-electron chi connectivity index (χ0n) is 14.7. The fourth-order valence-corrected chi connectivity index (χ4v) is 3.08. The average Bonchev–Trinajstić information content (AvgIpc) is 2.93. The van der Waals surface area contributed by atoms with Gasteiger partial charge in [0.2, 0.25) is 0 Å². The van der Waals surface area contributed by atoms with Crippen molar-refractivity contribution in [1.29, 1.82) is 0 Å². The smallest absolute Gasteiger partial charge is 0.307 e. The van der Waals surface area contributed by atoms with Crippen molar-refractivity contribution in [2.45, 2.75) is 50.8 Å². The van der Waals surface area contributed by atoms with E-state index in [9.17, 15) is 9.90 Å². The first kappa shape index (κ1) is 19.2. The Bertz CT molecular complexity index is 641. The van der Waals surface area contributed by atoms with Crippen LogP contribution in [0, 0.1) is 0 Å². The molecule has 2 atom stereocenters. The highest BCUT2D eigenvalue weighted by Crippen LogP contribution is 2.29. The molecular formula is C21H27NO3. The molecule has 1 aliphatic carbocycles. The van der Waals surface area contributed by atoms with E-state index in [0.717, 1.165) is 31.4 Å². The lowest BCUT2D eigenvalue weighted by Gasteiger charge is -2.26. The first-order valence-electron chi connectivity index (χ1n) is 8.73. The Morgan fingerprint density at radius 1 is 1.08 bits per heavy atom. The summed E-state index contributed by atoms with van der Waals surface area (Å²) in [4.78, 5) is 10.2. The number of aliphatic hydroxyl groups is 1. The molecule has 2 aromatic rings. The highest BCUT2D eigenvalue weighted by Gasteiger charge is 2.36. The Hall–Kier alpha value is -2.17. The first-order valence-corrected chi connectivity index (χ1v) is 8.73. The van der Waals surface area contributed by atoms with Crippen LogP contribution in [0.3, 0.4) is 0 Å². The molecule has 0 heterocycles. The van der Waals surface area contributed by atoms with E-state index < -0.39 is 11.6 Å². The highest BCUT2D eigenvalue weighted by atomic mass is 16.4. The van der Waals surface area contributed by atoms with E-state index in [1.165, 1.54) is 5.56 Å². The molecule has 1 fully saturated rings. The normalized spacial score (nSPS) is 22.1. The minimum Gasteiger partial charge on any atom is -0.481 e. The maximum Gasteiger partial charge on any atom is 0.307 e. The number of carboxylic acids is 1. The lowest BCUT2D eigenvalue weighted by Crippen LogP contribution is -2.44. The zero-order chi connectivity index (χ0) is 18.1. The number of hydrogen-bond acceptors (Lipinski definition) is 3. The molecule has 134 valence electrons. The molecule has 0 radical (unpaired) electrons. The van der Waals surface area contributed by atoms with Crippen molar-refractivity contribution in [1.82, 2.24) is 5.32 Å². The van der Waals surface area contributed by atoms with E-state index >= 15 is 0 Å². The van der Waals surface area contributed by atoms with Gasteiger partial charge in [-0.2, -0.15) is 0 Å². The lowest BCUT2D eigenvalue weighted by atomic mass is 10.0. The van der Waals surface area contributed by atoms with Crippen molar-refractivity contribution in [2.75, 3.05) is 0 Å². The Morgan fingerprint density at radius 2 is 1.64 bits per heavy atom. The largest absolute Gasteiger partial charge is 0.481 e. The number of aliphatic carboxylic acids is 1. The summed E-state index contributed by atoms with van der Waals surface area (Å²) in [5.74, 6) is -0.786. The quantitative estimate of drug-likeness (QED) is 0.780. The molecule has 0 amide bonds. The molecule has 4 heteroatoms. The maximum absolute atomic E-state index is 10.2. The van der Waals surface area contributed by atoms with Crippen LogP contribution < -0.4 is 5.32 Å². The summed E-state index contributed by atoms with van der Waals surface area (Å²) in [5.41, 5.74) is 1.60. The van der Waals surface area contributed by atoms with Crippen LogP contribution in [0.4, 0.5) is 0 Å². The highest BCUT2D eigenvalue weighted by molar-refractivity contribution is 5.70. The Balaban J connectivity index is 0.000000196. The summed E-state index contributed by atoms with van der Waals surface area (Å²) in [6, 6.07) is 19.7. The van der Waals surface area contributed by atoms with Gasteiger partial charge >= 0.3 is 5.97 Å². The molecule has 3 rings (SSSR count). The number of carbonyl (C=O) groups is 1. The lowest BCUT2D eigenvalue weighted by molar-refractivity contribution is -0.136. The fourth-order valence-electron chi connectivity index (χ4n) is 3.08. The predicted octanol–water partition coefficient (Wildman–Crippen LogP) is 3.39. The number of nitrogens with one attached hydrogen (secondary N) is 1. The third kappa shape index (κ3) is 6.69. The van der Waals surface area contributed by atoms with Gasteiger partial charge in [-0.25, -0.2) is 0 Å². The molecule has 1 saturated carbocycles. The summed E-state index contributed by atoms with van der Waals surface area (Å²) in [6.45, 7) is 2.78. The number of hydrogen-bond donors (Lipinski definition) is 3. The molecule has 0 aromatic heterocycles. The van der Waals surface area contributed by atoms with E-state index in [4.69, 9.17) is 5.11 Å². The van der Waals surface area contributed by atoms with Crippen LogP contribution in [0.5, 0.6) is 0 Å². The van der Waals surface area contributed by atoms with E-state index in [-0.39, 0.29) is 12.5 Å². The van der Waals surface area contributed by atoms with Gasteiger partial charge < -0.3 is 15.5 Å². The topological polar surface area (TPSA) is 69.6 Å². The Labute approximate surface area is 149 Å². The van der Waals surface area contributed by atoms with Crippen LogP contribution in [0.25, 0.3) is 0 Å². The standard InChI is InChI=1S/C13H19NO.C8H8O2/c1-13(15)9-5-8-12(13)14-10-11-6-3-2-4-7-11;9-8(10)6-7-4-2-1-3-5-7/h2-4,6-7,12,14-15H,5,8-10H2,1H3;1-5H,6H2,(H,9,10)/t12-,13-;/m1./s1. The molecule has 0 saturated heterocycles. The van der Waals surface area contributed by atoms with Crippen LogP contribution in [0.15, 0.2) is 60.7 Å². The van der Waals surface area contributed by atoms with Crippen molar-refractivity contribution in [3.63, 3.8) is 0 Å². The Kier molecular flexibility index (Phi) is 7.16. The van der Waals surface area contributed by atoms with E-state index in [1.54, 1.807) is 12.1 Å². The minimum atomic E-state index is -0.786. The summed E-state index contributed by atoms with van der Waals surface area (Å²) in [6.07, 6.45) is 3.24. The summed E-state index contributed by atoms with van der Waals surface area (Å²) < 4.78 is 0. The fraction of sp³-hybridized carbons (Fsp3) is 0.381. The van der Waals surface area contributed by atoms with Gasteiger partial charge in [0.25, 0.3) is 0 Å². The van der Waals surface area contributed by atoms with Crippen LogP contribution in [-0.2, 0) is 17.8 Å². The molecule has 0 spiro atoms. The van der Waals surface area contributed by atoms with Gasteiger partial charge in [-0.3, -0.25) is 4.79 Å². The zero-order valence-corrected chi connectivity index (χ0v) is 14.7. The Morgan fingerprint density at radius 3 is 2.12 bits per heavy atom. The van der Waals surface area contributed by atoms with E-state index in [2.05, 4.69) is 17.4 Å². The second-order valence-electron chi connectivity index (χ2n) is 6.72. The third-order valence-corrected chi connectivity index (χ3v) is 4.52. The van der Waals surface area contributed by atoms with Crippen LogP contribution in [-0.4, -0.2) is 27.8 Å². The van der Waals surface area contributed by atoms with Crippen LogP contribution in [0.2, 0.25) is 0 Å². The number of rotatable bonds is 5. The summed E-state index contributed by atoms with van der Waals surface area (Å²) in [7, 11) is 0. The van der Waals surface area contributed by atoms with E-state index in [0.29, 0.717) is 0 Å². The molecule has 3 N–H and O–H groups in total. The van der Waals surface area contributed by atoms with Crippen molar-refractivity contribution >= 4 is 5.97 Å². The summed E-state index contributed by atoms with van der Waals surface area (Å²) >= 11 is 0. The molecule has 0 aliphatic heterocycles. The summed E-state index contributed by atoms with van der Waals surface area (Å²) in [5, 5.41) is 21.9. The molecule has 0 unspecified atom stereocenters. The monoisotopic (exact) mass is 341 g/mol. The SMILES string of the molecule is C[C@@]1(O)CCC[C@H]1NCc1ccccc1.O=C(O)Cc1ccccc1. The van der Waals surface area contributed by atoms with Crippen LogP contribution >= 0.6 is 0 Å². The molecular weight excluding hydrogens is 314 g/mol. The van der Waals surface area contributed by atoms with Gasteiger partial charge in [0, 0.05) is 12.6 Å². The molecule has 0 bridgehead atoms. The van der Waals surface area contributed by atoms with Gasteiger partial charge in [-0.05, 0) is 37.3 Å². The second-order valence-corrected chi connectivity index (χ2v) is 6.72. The molecule has 1 aliphatic rings. The number of benzene rings is 2. The van der Waals surface area contributed by atoms with Crippen molar-refractivity contribution < 1.29 is 15.0 Å². The van der Waals surface area contributed by atoms with Gasteiger partial charge in [0.05, 0.1) is 12.0 Å². The minimum absolute atomic E-state index is 0.112. The van der Waals surface area contributed by atoms with Crippen molar-refractivity contribution in [3.05, 3.63) is 71.8 Å². The second kappa shape index (κ2) is 9.35. The predicted molar refractivity (Wildman–Crippen MR) is 99.3 cm³/mol. The van der Waals surface area contributed by atoms with Gasteiger partial charge in [-0.1, -0.05) is 60.7 Å². The van der Waals surface area contributed by atoms with Gasteiger partial charge in [0.15, 0.2) is 0 Å². The average molecular weight is 341 g/mol. The van der Waals surface area contributed by atoms with Crippen molar-refractivity contribution in [3.8, 4) is 0 Å². The van der Waals surface area contributed by atoms with E-state index in [1.807, 2.05) is 43.3 Å². The molecule has 25 heavy (non-hydrogen) atoms. The first-order chi connectivity index (χ1) is 12.0. The maximum atomic E-state index is 10.2. The van der Waals surface area contributed by atoms with Crippen molar-refractivity contribution in [2.24, 2.45) is 0 Å². The molecule has 2 aromatic carbocycles. The van der Waals surface area contributed by atoms with Gasteiger partial charge in [-0.15, -0.1) is 0 Å². The van der Waals surface area contributed by atoms with Crippen LogP contribution in [0.1, 0.15) is 37.3 Å². The molecule has 4 nitrogen and oxygen atoms in total. The van der Waals surface area contributed by atoms with Gasteiger partial charge in [0.1, 0.15) is 0 Å². The number of carboxylic acid groups (broad SMARTS) is 1.